The molecule has 1 aliphatic rings. The van der Waals surface area contributed by atoms with Gasteiger partial charge in [0.15, 0.2) is 9.84 Å². The van der Waals surface area contributed by atoms with E-state index in [1.54, 1.807) is 10.7 Å². The topological polar surface area (TPSA) is 78.0 Å². The van der Waals surface area contributed by atoms with E-state index in [4.69, 9.17) is 5.73 Å². The molecule has 1 aromatic heterocycles. The molecule has 112 valence electrons. The van der Waals surface area contributed by atoms with Gasteiger partial charge in [-0.15, -0.1) is 0 Å². The van der Waals surface area contributed by atoms with E-state index < -0.39 is 9.84 Å². The van der Waals surface area contributed by atoms with Gasteiger partial charge in [0.25, 0.3) is 0 Å². The van der Waals surface area contributed by atoms with Crippen LogP contribution in [-0.4, -0.2) is 29.7 Å². The number of halogens is 1. The van der Waals surface area contributed by atoms with Crippen molar-refractivity contribution < 1.29 is 8.42 Å². The lowest BCUT2D eigenvalue weighted by Gasteiger charge is -2.10. The lowest BCUT2D eigenvalue weighted by molar-refractivity contribution is 0.508. The number of aromatic nitrogens is 2. The van der Waals surface area contributed by atoms with Crippen LogP contribution >= 0.6 is 15.9 Å². The van der Waals surface area contributed by atoms with E-state index in [1.807, 2.05) is 25.1 Å². The van der Waals surface area contributed by atoms with Crippen molar-refractivity contribution in [2.75, 3.05) is 17.2 Å². The largest absolute Gasteiger partial charge is 0.384 e. The predicted octanol–water partition coefficient (Wildman–Crippen LogP) is 2.56. The Morgan fingerprint density at radius 1 is 1.43 bits per heavy atom. The van der Waals surface area contributed by atoms with Gasteiger partial charge >= 0.3 is 0 Å². The van der Waals surface area contributed by atoms with E-state index in [0.717, 1.165) is 21.3 Å². The first kappa shape index (κ1) is 14.6. The molecule has 1 aliphatic heterocycles. The van der Waals surface area contributed by atoms with E-state index in [2.05, 4.69) is 21.0 Å². The van der Waals surface area contributed by atoms with Crippen LogP contribution in [0.1, 0.15) is 18.0 Å². The first-order chi connectivity index (χ1) is 9.87. The van der Waals surface area contributed by atoms with Gasteiger partial charge in [0.05, 0.1) is 23.2 Å². The van der Waals surface area contributed by atoms with Crippen LogP contribution in [0.5, 0.6) is 0 Å². The molecule has 0 radical (unpaired) electrons. The van der Waals surface area contributed by atoms with E-state index in [-0.39, 0.29) is 17.5 Å². The summed E-state index contributed by atoms with van der Waals surface area (Å²) >= 11 is 3.57. The third kappa shape index (κ3) is 2.72. The minimum absolute atomic E-state index is 0.118. The summed E-state index contributed by atoms with van der Waals surface area (Å²) in [6.45, 7) is 2.01. The summed E-state index contributed by atoms with van der Waals surface area (Å²) in [5, 5.41) is 4.53. The average molecular weight is 370 g/mol. The zero-order valence-electron chi connectivity index (χ0n) is 11.6. The Kier molecular flexibility index (Phi) is 3.57. The van der Waals surface area contributed by atoms with Gasteiger partial charge in [-0.25, -0.2) is 13.1 Å². The second-order valence-electron chi connectivity index (χ2n) is 5.39. The quantitative estimate of drug-likeness (QED) is 0.881. The number of anilines is 1. The zero-order valence-corrected chi connectivity index (χ0v) is 14.0. The van der Waals surface area contributed by atoms with Gasteiger partial charge in [-0.2, -0.15) is 5.10 Å². The molecule has 1 unspecified atom stereocenters. The fraction of sp³-hybridized carbons (Fsp3) is 0.357. The molecule has 2 N–H and O–H groups in total. The van der Waals surface area contributed by atoms with Crippen molar-refractivity contribution in [3.8, 4) is 11.3 Å². The third-order valence-corrected chi connectivity index (χ3v) is 6.59. The molecule has 0 aliphatic carbocycles. The summed E-state index contributed by atoms with van der Waals surface area (Å²) in [5.41, 5.74) is 8.86. The molecule has 0 bridgehead atoms. The van der Waals surface area contributed by atoms with Crippen molar-refractivity contribution in [2.24, 2.45) is 0 Å². The van der Waals surface area contributed by atoms with Crippen LogP contribution in [0, 0.1) is 6.92 Å². The van der Waals surface area contributed by atoms with E-state index in [0.29, 0.717) is 12.2 Å². The number of benzene rings is 1. The van der Waals surface area contributed by atoms with Gasteiger partial charge in [-0.05, 0) is 34.8 Å². The molecule has 1 atom stereocenters. The molecule has 3 rings (SSSR count). The van der Waals surface area contributed by atoms with Crippen LogP contribution < -0.4 is 5.73 Å². The molecule has 2 aromatic rings. The average Bonchev–Trinajstić information content (AvgIpc) is 2.95. The van der Waals surface area contributed by atoms with Crippen LogP contribution in [0.25, 0.3) is 11.3 Å². The molecule has 0 spiro atoms. The normalized spacial score (nSPS) is 20.8. The molecule has 7 heteroatoms. The first-order valence-corrected chi connectivity index (χ1v) is 9.30. The lowest BCUT2D eigenvalue weighted by Crippen LogP contribution is -2.14. The highest BCUT2D eigenvalue weighted by Gasteiger charge is 2.31. The fourth-order valence-electron chi connectivity index (χ4n) is 2.65. The summed E-state index contributed by atoms with van der Waals surface area (Å²) in [5.74, 6) is 0.828. The fourth-order valence-corrected chi connectivity index (χ4v) is 4.81. The van der Waals surface area contributed by atoms with Crippen LogP contribution in [0.15, 0.2) is 28.7 Å². The first-order valence-electron chi connectivity index (χ1n) is 6.68. The Labute approximate surface area is 132 Å². The highest BCUT2D eigenvalue weighted by molar-refractivity contribution is 9.10. The highest BCUT2D eigenvalue weighted by Crippen LogP contribution is 2.33. The summed E-state index contributed by atoms with van der Waals surface area (Å²) in [6.07, 6.45) is 0.572. The van der Waals surface area contributed by atoms with Gasteiger partial charge in [-0.1, -0.05) is 18.2 Å². The monoisotopic (exact) mass is 369 g/mol. The van der Waals surface area contributed by atoms with Crippen molar-refractivity contribution in [3.63, 3.8) is 0 Å². The smallest absolute Gasteiger partial charge is 0.152 e. The number of nitrogens with zero attached hydrogens (tertiary/aromatic N) is 2. The van der Waals surface area contributed by atoms with Crippen LogP contribution in [0.4, 0.5) is 5.82 Å². The number of hydrogen-bond acceptors (Lipinski definition) is 4. The molecule has 0 saturated carbocycles. The van der Waals surface area contributed by atoms with Gasteiger partial charge < -0.3 is 5.73 Å². The molecule has 1 saturated heterocycles. The third-order valence-electron chi connectivity index (χ3n) is 3.79. The molecule has 1 fully saturated rings. The van der Waals surface area contributed by atoms with Crippen molar-refractivity contribution >= 4 is 31.6 Å². The maximum atomic E-state index is 11.6. The van der Waals surface area contributed by atoms with Crippen molar-refractivity contribution in [2.45, 2.75) is 19.4 Å². The van der Waals surface area contributed by atoms with Crippen LogP contribution in [0.3, 0.4) is 0 Å². The summed E-state index contributed by atoms with van der Waals surface area (Å²) in [6, 6.07) is 7.58. The molecule has 1 aromatic carbocycles. The standard InChI is InChI=1S/C14H16BrN3O2S/c1-9-3-2-4-11(14(9)15)12-7-13(16)18(17-12)10-5-6-21(19,20)8-10/h2-4,7,10H,5-6,8,16H2,1H3. The molecule has 2 heterocycles. The second kappa shape index (κ2) is 5.14. The summed E-state index contributed by atoms with van der Waals surface area (Å²) in [7, 11) is -2.96. The summed E-state index contributed by atoms with van der Waals surface area (Å²) in [4.78, 5) is 0. The Morgan fingerprint density at radius 3 is 2.86 bits per heavy atom. The van der Waals surface area contributed by atoms with E-state index in [9.17, 15) is 8.42 Å². The molecular formula is C14H16BrN3O2S. The minimum Gasteiger partial charge on any atom is -0.384 e. The predicted molar refractivity (Wildman–Crippen MR) is 86.8 cm³/mol. The number of hydrogen-bond donors (Lipinski definition) is 1. The maximum absolute atomic E-state index is 11.6. The molecule has 5 nitrogen and oxygen atoms in total. The van der Waals surface area contributed by atoms with Gasteiger partial charge in [0.1, 0.15) is 5.82 Å². The van der Waals surface area contributed by atoms with Crippen molar-refractivity contribution in [1.82, 2.24) is 9.78 Å². The zero-order chi connectivity index (χ0) is 15.2. The van der Waals surface area contributed by atoms with Crippen LogP contribution in [0.2, 0.25) is 0 Å². The molecular weight excluding hydrogens is 354 g/mol. The Hall–Kier alpha value is -1.34. The van der Waals surface area contributed by atoms with Crippen molar-refractivity contribution in [1.29, 1.82) is 0 Å². The SMILES string of the molecule is Cc1cccc(-c2cc(N)n(C3CCS(=O)(=O)C3)n2)c1Br. The number of aryl methyl sites for hydroxylation is 1. The Bertz CT molecular complexity index is 799. The molecule has 0 amide bonds. The van der Waals surface area contributed by atoms with E-state index in [1.165, 1.54) is 0 Å². The lowest BCUT2D eigenvalue weighted by atomic mass is 10.1. The van der Waals surface area contributed by atoms with Crippen LogP contribution in [-0.2, 0) is 9.84 Å². The number of rotatable bonds is 2. The van der Waals surface area contributed by atoms with Gasteiger partial charge in [0.2, 0.25) is 0 Å². The van der Waals surface area contributed by atoms with E-state index >= 15 is 0 Å². The number of nitrogens with two attached hydrogens (primary N) is 1. The van der Waals surface area contributed by atoms with Crippen molar-refractivity contribution in [3.05, 3.63) is 34.3 Å². The maximum Gasteiger partial charge on any atom is 0.152 e. The Balaban J connectivity index is 2.01. The molecule has 21 heavy (non-hydrogen) atoms. The Morgan fingerprint density at radius 2 is 2.19 bits per heavy atom. The second-order valence-corrected chi connectivity index (χ2v) is 8.41. The highest BCUT2D eigenvalue weighted by atomic mass is 79.9. The van der Waals surface area contributed by atoms with Gasteiger partial charge in [-0.3, -0.25) is 0 Å². The summed E-state index contributed by atoms with van der Waals surface area (Å²) < 4.78 is 25.9. The minimum atomic E-state index is -2.96. The van der Waals surface area contributed by atoms with Gasteiger partial charge in [0, 0.05) is 16.1 Å². The number of sulfone groups is 1. The number of nitrogen functional groups attached to an aromatic ring is 1.